The quantitative estimate of drug-likeness (QED) is 0.605. The number of fused-ring (bicyclic) bond motifs is 1. The van der Waals surface area contributed by atoms with Gasteiger partial charge in [-0.3, -0.25) is 18.8 Å². The van der Waals surface area contributed by atoms with E-state index in [1.165, 1.54) is 0 Å². The second-order valence-electron chi connectivity index (χ2n) is 8.07. The highest BCUT2D eigenvalue weighted by molar-refractivity contribution is 9.10. The van der Waals surface area contributed by atoms with Crippen LogP contribution in [0.25, 0.3) is 16.7 Å². The van der Waals surface area contributed by atoms with Crippen molar-refractivity contribution in [2.24, 2.45) is 18.9 Å². The maximum Gasteiger partial charge on any atom is 0.269 e. The molecule has 29 heavy (non-hydrogen) atoms. The largest absolute Gasteiger partial charge is 0.342 e. The fourth-order valence-corrected chi connectivity index (χ4v) is 4.43. The van der Waals surface area contributed by atoms with E-state index < -0.39 is 0 Å². The number of hydrogen-bond acceptors (Lipinski definition) is 4. The smallest absolute Gasteiger partial charge is 0.269 e. The van der Waals surface area contributed by atoms with E-state index in [4.69, 9.17) is 4.98 Å². The number of carbonyl (C=O) groups is 1. The van der Waals surface area contributed by atoms with E-state index in [1.54, 1.807) is 22.5 Å². The third-order valence-electron chi connectivity index (χ3n) is 5.91. The predicted molar refractivity (Wildman–Crippen MR) is 113 cm³/mol. The van der Waals surface area contributed by atoms with Gasteiger partial charge in [0.05, 0.1) is 11.9 Å². The average Bonchev–Trinajstić information content (AvgIpc) is 3.35. The van der Waals surface area contributed by atoms with E-state index in [0.717, 1.165) is 48.3 Å². The molecule has 150 valence electrons. The van der Waals surface area contributed by atoms with Gasteiger partial charge < -0.3 is 4.90 Å². The molecule has 8 heteroatoms. The Morgan fingerprint density at radius 3 is 2.69 bits per heavy atom. The topological polar surface area (TPSA) is 73.0 Å². The summed E-state index contributed by atoms with van der Waals surface area (Å²) >= 11 is 3.45. The van der Waals surface area contributed by atoms with E-state index in [2.05, 4.69) is 21.0 Å². The zero-order chi connectivity index (χ0) is 20.1. The first-order chi connectivity index (χ1) is 14.0. The lowest BCUT2D eigenvalue weighted by molar-refractivity contribution is -0.131. The van der Waals surface area contributed by atoms with Gasteiger partial charge in [0.2, 0.25) is 5.91 Å². The van der Waals surface area contributed by atoms with Crippen LogP contribution in [0.4, 0.5) is 0 Å². The molecule has 2 fully saturated rings. The lowest BCUT2D eigenvalue weighted by Gasteiger charge is -2.18. The van der Waals surface area contributed by atoms with Crippen LogP contribution in [0, 0.1) is 11.8 Å². The van der Waals surface area contributed by atoms with Crippen LogP contribution in [0.1, 0.15) is 25.1 Å². The molecular formula is C21H22BrN5O2. The number of rotatable bonds is 4. The molecule has 0 bridgehead atoms. The number of carbonyl (C=O) groups excluding carboxylic acids is 1. The van der Waals surface area contributed by atoms with Gasteiger partial charge in [-0.05, 0) is 49.4 Å². The molecule has 0 N–H and O–H groups in total. The maximum absolute atomic E-state index is 13.3. The van der Waals surface area contributed by atoms with E-state index in [1.807, 2.05) is 29.2 Å². The van der Waals surface area contributed by atoms with Gasteiger partial charge in [0.25, 0.3) is 5.56 Å². The Balaban J connectivity index is 1.52. The summed E-state index contributed by atoms with van der Waals surface area (Å²) in [6.45, 7) is 1.55. The standard InChI is InChI=1S/C21H22BrN5O2/c1-25-19-17(11-23-25)21(29)27(16-6-4-15(22)5-7-16)18(24-19)10-13-8-9-26(12-13)20(28)14-2-3-14/h4-7,11,13-14H,2-3,8-10,12H2,1H3/t13-/m0/s1. The Hall–Kier alpha value is -2.48. The van der Waals surface area contributed by atoms with E-state index >= 15 is 0 Å². The van der Waals surface area contributed by atoms with Gasteiger partial charge in [-0.25, -0.2) is 4.98 Å². The van der Waals surface area contributed by atoms with Crippen molar-refractivity contribution in [3.63, 3.8) is 0 Å². The van der Waals surface area contributed by atoms with Crippen molar-refractivity contribution in [3.8, 4) is 5.69 Å². The van der Waals surface area contributed by atoms with Crippen LogP contribution in [0.3, 0.4) is 0 Å². The number of aromatic nitrogens is 4. The summed E-state index contributed by atoms with van der Waals surface area (Å²) in [6, 6.07) is 7.67. The van der Waals surface area contributed by atoms with Crippen LogP contribution in [-0.4, -0.2) is 43.2 Å². The highest BCUT2D eigenvalue weighted by atomic mass is 79.9. The van der Waals surface area contributed by atoms with Crippen molar-refractivity contribution in [2.75, 3.05) is 13.1 Å². The van der Waals surface area contributed by atoms with Crippen molar-refractivity contribution in [1.29, 1.82) is 0 Å². The molecule has 1 saturated carbocycles. The third kappa shape index (κ3) is 3.39. The number of amides is 1. The molecule has 3 aromatic rings. The van der Waals surface area contributed by atoms with E-state index in [0.29, 0.717) is 29.3 Å². The molecule has 1 aliphatic carbocycles. The van der Waals surface area contributed by atoms with Crippen molar-refractivity contribution in [1.82, 2.24) is 24.2 Å². The summed E-state index contributed by atoms with van der Waals surface area (Å²) in [5, 5.41) is 4.73. The number of nitrogens with zero attached hydrogens (tertiary/aromatic N) is 5. The molecule has 1 aromatic carbocycles. The Bertz CT molecular complexity index is 1150. The second kappa shape index (κ2) is 7.09. The zero-order valence-corrected chi connectivity index (χ0v) is 17.8. The summed E-state index contributed by atoms with van der Waals surface area (Å²) < 4.78 is 4.29. The molecule has 1 amide bonds. The van der Waals surface area contributed by atoms with Crippen molar-refractivity contribution >= 4 is 32.9 Å². The van der Waals surface area contributed by atoms with Crippen molar-refractivity contribution in [3.05, 3.63) is 51.1 Å². The number of benzene rings is 1. The highest BCUT2D eigenvalue weighted by Gasteiger charge is 2.37. The van der Waals surface area contributed by atoms with Gasteiger partial charge in [-0.2, -0.15) is 5.10 Å². The first-order valence-electron chi connectivity index (χ1n) is 9.99. The van der Waals surface area contributed by atoms with Gasteiger partial charge >= 0.3 is 0 Å². The summed E-state index contributed by atoms with van der Waals surface area (Å²) in [6.07, 6.45) is 5.23. The zero-order valence-electron chi connectivity index (χ0n) is 16.2. The minimum absolute atomic E-state index is 0.107. The molecule has 7 nitrogen and oxygen atoms in total. The predicted octanol–water partition coefficient (Wildman–Crippen LogP) is 2.68. The Morgan fingerprint density at radius 2 is 1.97 bits per heavy atom. The lowest BCUT2D eigenvalue weighted by atomic mass is 10.0. The third-order valence-corrected chi connectivity index (χ3v) is 6.44. The van der Waals surface area contributed by atoms with Gasteiger partial charge in [0.1, 0.15) is 11.2 Å². The van der Waals surface area contributed by atoms with Crippen molar-refractivity contribution < 1.29 is 4.79 Å². The maximum atomic E-state index is 13.3. The fraction of sp³-hybridized carbons (Fsp3) is 0.429. The summed E-state index contributed by atoms with van der Waals surface area (Å²) in [4.78, 5) is 32.5. The molecule has 0 radical (unpaired) electrons. The van der Waals surface area contributed by atoms with Crippen LogP contribution in [0.15, 0.2) is 39.7 Å². The van der Waals surface area contributed by atoms with Crippen LogP contribution in [0.5, 0.6) is 0 Å². The summed E-state index contributed by atoms with van der Waals surface area (Å²) in [7, 11) is 1.80. The second-order valence-corrected chi connectivity index (χ2v) is 8.98. The SMILES string of the molecule is Cn1ncc2c(=O)n(-c3ccc(Br)cc3)c(C[C@@H]3CCN(C(=O)C4CC4)C3)nc21. The summed E-state index contributed by atoms with van der Waals surface area (Å²) in [5.41, 5.74) is 1.28. The van der Waals surface area contributed by atoms with Gasteiger partial charge in [-0.1, -0.05) is 15.9 Å². The molecule has 1 atom stereocenters. The van der Waals surface area contributed by atoms with Crippen molar-refractivity contribution in [2.45, 2.75) is 25.7 Å². The molecule has 1 saturated heterocycles. The van der Waals surface area contributed by atoms with Crippen LogP contribution < -0.4 is 5.56 Å². The first-order valence-corrected chi connectivity index (χ1v) is 10.8. The Labute approximate surface area is 176 Å². The molecule has 3 heterocycles. The molecule has 1 aliphatic heterocycles. The minimum Gasteiger partial charge on any atom is -0.342 e. The molecule has 0 unspecified atom stereocenters. The molecular weight excluding hydrogens is 434 g/mol. The van der Waals surface area contributed by atoms with E-state index in [9.17, 15) is 9.59 Å². The van der Waals surface area contributed by atoms with Crippen LogP contribution in [0.2, 0.25) is 0 Å². The minimum atomic E-state index is -0.107. The number of likely N-dealkylation sites (tertiary alicyclic amines) is 1. The monoisotopic (exact) mass is 455 g/mol. The number of aryl methyl sites for hydroxylation is 1. The normalized spacial score (nSPS) is 19.2. The fourth-order valence-electron chi connectivity index (χ4n) is 4.16. The average molecular weight is 456 g/mol. The lowest BCUT2D eigenvalue weighted by Crippen LogP contribution is -2.31. The Kier molecular flexibility index (Phi) is 4.53. The van der Waals surface area contributed by atoms with Gasteiger partial charge in [-0.15, -0.1) is 0 Å². The molecule has 5 rings (SSSR count). The molecule has 0 spiro atoms. The Morgan fingerprint density at radius 1 is 1.21 bits per heavy atom. The first kappa shape index (κ1) is 18.5. The van der Waals surface area contributed by atoms with Gasteiger partial charge in [0.15, 0.2) is 5.65 Å². The number of halogens is 1. The molecule has 2 aromatic heterocycles. The number of hydrogen-bond donors (Lipinski definition) is 0. The van der Waals surface area contributed by atoms with Crippen LogP contribution >= 0.6 is 15.9 Å². The summed E-state index contributed by atoms with van der Waals surface area (Å²) in [5.74, 6) is 1.57. The highest BCUT2D eigenvalue weighted by Crippen LogP contribution is 2.33. The van der Waals surface area contributed by atoms with Gasteiger partial charge in [0, 0.05) is 36.9 Å². The van der Waals surface area contributed by atoms with Crippen LogP contribution in [-0.2, 0) is 18.3 Å². The van der Waals surface area contributed by atoms with E-state index in [-0.39, 0.29) is 11.5 Å². The molecule has 2 aliphatic rings.